The van der Waals surface area contributed by atoms with E-state index in [1.54, 1.807) is 31.3 Å². The largest absolute Gasteiger partial charge is 0.340 e. The van der Waals surface area contributed by atoms with Crippen LogP contribution in [0.3, 0.4) is 0 Å². The zero-order valence-corrected chi connectivity index (χ0v) is 17.2. The molecule has 3 aromatic carbocycles. The number of sulfonamides is 1. The number of fused-ring (bicyclic) bond motifs is 1. The molecule has 3 rings (SSSR count). The number of carbonyl (C=O) groups is 1. The number of likely N-dealkylation sites (N-methyl/N-ethyl adjacent to an activating group) is 1. The van der Waals surface area contributed by atoms with Gasteiger partial charge in [-0.05, 0) is 29.1 Å². The fraction of sp³-hybridized carbons (Fsp3) is 0.190. The molecule has 0 unspecified atom stereocenters. The molecular formula is C21H21ClN2O3S. The Bertz CT molecular complexity index is 1090. The number of hydrogen-bond donors (Lipinski definition) is 0. The molecule has 5 nitrogen and oxygen atoms in total. The molecule has 0 aliphatic carbocycles. The third-order valence-corrected chi connectivity index (χ3v) is 5.85. The van der Waals surface area contributed by atoms with Gasteiger partial charge < -0.3 is 4.90 Å². The van der Waals surface area contributed by atoms with Gasteiger partial charge >= 0.3 is 0 Å². The van der Waals surface area contributed by atoms with Crippen LogP contribution in [0, 0.1) is 0 Å². The summed E-state index contributed by atoms with van der Waals surface area (Å²) in [5.41, 5.74) is 1.41. The maximum absolute atomic E-state index is 12.8. The van der Waals surface area contributed by atoms with Crippen LogP contribution in [0.4, 0.5) is 5.69 Å². The Balaban J connectivity index is 1.87. The molecule has 0 atom stereocenters. The van der Waals surface area contributed by atoms with Crippen molar-refractivity contribution in [2.45, 2.75) is 6.54 Å². The minimum absolute atomic E-state index is 0.267. The van der Waals surface area contributed by atoms with Gasteiger partial charge in [-0.3, -0.25) is 9.10 Å². The average Bonchev–Trinajstić information content (AvgIpc) is 2.66. The number of hydrogen-bond acceptors (Lipinski definition) is 3. The number of benzene rings is 3. The molecule has 0 aliphatic heterocycles. The molecule has 0 aromatic heterocycles. The van der Waals surface area contributed by atoms with Crippen molar-refractivity contribution in [3.05, 3.63) is 77.3 Å². The molecule has 146 valence electrons. The maximum Gasteiger partial charge on any atom is 0.243 e. The van der Waals surface area contributed by atoms with E-state index < -0.39 is 10.0 Å². The fourth-order valence-corrected chi connectivity index (χ4v) is 3.99. The van der Waals surface area contributed by atoms with Gasteiger partial charge in [0.15, 0.2) is 0 Å². The van der Waals surface area contributed by atoms with Crippen molar-refractivity contribution in [1.82, 2.24) is 4.90 Å². The Morgan fingerprint density at radius 2 is 1.61 bits per heavy atom. The van der Waals surface area contributed by atoms with Crippen molar-refractivity contribution >= 4 is 44.0 Å². The first-order valence-corrected chi connectivity index (χ1v) is 10.9. The molecule has 7 heteroatoms. The van der Waals surface area contributed by atoms with Crippen molar-refractivity contribution in [3.63, 3.8) is 0 Å². The quantitative estimate of drug-likeness (QED) is 0.612. The number of halogens is 1. The topological polar surface area (TPSA) is 57.7 Å². The minimum atomic E-state index is -3.65. The van der Waals surface area contributed by atoms with Crippen LogP contribution in [-0.4, -0.2) is 39.1 Å². The average molecular weight is 417 g/mol. The van der Waals surface area contributed by atoms with E-state index in [-0.39, 0.29) is 12.5 Å². The van der Waals surface area contributed by atoms with Crippen LogP contribution in [0.1, 0.15) is 5.56 Å². The van der Waals surface area contributed by atoms with Crippen molar-refractivity contribution in [1.29, 1.82) is 0 Å². The molecule has 3 aromatic rings. The molecule has 0 saturated carbocycles. The highest BCUT2D eigenvalue weighted by Gasteiger charge is 2.24. The van der Waals surface area contributed by atoms with E-state index in [1.165, 1.54) is 4.90 Å². The zero-order chi connectivity index (χ0) is 20.3. The molecular weight excluding hydrogens is 396 g/mol. The van der Waals surface area contributed by atoms with Crippen LogP contribution in [0.2, 0.25) is 5.02 Å². The summed E-state index contributed by atoms with van der Waals surface area (Å²) in [6, 6.07) is 20.1. The number of nitrogens with zero attached hydrogens (tertiary/aromatic N) is 2. The van der Waals surface area contributed by atoms with Gasteiger partial charge in [-0.1, -0.05) is 60.1 Å². The van der Waals surface area contributed by atoms with Gasteiger partial charge in [0.05, 0.1) is 11.9 Å². The van der Waals surface area contributed by atoms with Gasteiger partial charge in [-0.15, -0.1) is 0 Å². The summed E-state index contributed by atoms with van der Waals surface area (Å²) in [6.45, 7) is 0.0973. The zero-order valence-electron chi connectivity index (χ0n) is 15.7. The predicted molar refractivity (Wildman–Crippen MR) is 114 cm³/mol. The van der Waals surface area contributed by atoms with Gasteiger partial charge in [0.2, 0.25) is 15.9 Å². The van der Waals surface area contributed by atoms with E-state index in [4.69, 9.17) is 11.6 Å². The van der Waals surface area contributed by atoms with Gasteiger partial charge in [0.1, 0.15) is 6.54 Å². The molecule has 1 amide bonds. The monoisotopic (exact) mass is 416 g/mol. The van der Waals surface area contributed by atoms with Crippen LogP contribution in [0.25, 0.3) is 10.8 Å². The first-order valence-electron chi connectivity index (χ1n) is 8.69. The van der Waals surface area contributed by atoms with E-state index in [2.05, 4.69) is 0 Å². The van der Waals surface area contributed by atoms with Gasteiger partial charge in [0.25, 0.3) is 0 Å². The smallest absolute Gasteiger partial charge is 0.243 e. The number of rotatable bonds is 6. The molecule has 0 spiro atoms. The number of anilines is 1. The normalized spacial score (nSPS) is 11.4. The summed E-state index contributed by atoms with van der Waals surface area (Å²) >= 11 is 5.89. The summed E-state index contributed by atoms with van der Waals surface area (Å²) in [5, 5.41) is 2.32. The molecule has 0 saturated heterocycles. The lowest BCUT2D eigenvalue weighted by atomic mass is 10.1. The van der Waals surface area contributed by atoms with Gasteiger partial charge in [-0.25, -0.2) is 8.42 Å². The molecule has 0 radical (unpaired) electrons. The Morgan fingerprint density at radius 1 is 0.964 bits per heavy atom. The number of carbonyl (C=O) groups excluding carboxylic acids is 1. The highest BCUT2D eigenvalue weighted by molar-refractivity contribution is 7.92. The third-order valence-electron chi connectivity index (χ3n) is 4.47. The molecule has 0 bridgehead atoms. The number of amides is 1. The molecule has 0 fully saturated rings. The van der Waals surface area contributed by atoms with Crippen LogP contribution in [0.15, 0.2) is 66.7 Å². The Kier molecular flexibility index (Phi) is 5.91. The molecule has 0 aliphatic rings. The van der Waals surface area contributed by atoms with Crippen molar-refractivity contribution in [3.8, 4) is 0 Å². The van der Waals surface area contributed by atoms with E-state index in [9.17, 15) is 13.2 Å². The first-order chi connectivity index (χ1) is 13.3. The van der Waals surface area contributed by atoms with Crippen LogP contribution in [-0.2, 0) is 21.4 Å². The SMILES string of the molecule is CN(Cc1ccc(Cl)cc1)C(=O)CN(c1cccc2ccccc12)S(C)(=O)=O. The lowest BCUT2D eigenvalue weighted by Crippen LogP contribution is -2.41. The second kappa shape index (κ2) is 8.20. The van der Waals surface area contributed by atoms with E-state index in [1.807, 2.05) is 42.5 Å². The standard InChI is InChI=1S/C21H21ClN2O3S/c1-23(14-16-10-12-18(22)13-11-16)21(25)15-24(28(2,26)27)20-9-5-7-17-6-3-4-8-19(17)20/h3-13H,14-15H2,1-2H3. The Labute approximate surface area is 170 Å². The summed E-state index contributed by atoms with van der Waals surface area (Å²) in [7, 11) is -1.99. The fourth-order valence-electron chi connectivity index (χ4n) is 3.00. The second-order valence-electron chi connectivity index (χ2n) is 6.64. The first kappa shape index (κ1) is 20.2. The highest BCUT2D eigenvalue weighted by atomic mass is 35.5. The third kappa shape index (κ3) is 4.64. The summed E-state index contributed by atoms with van der Waals surface area (Å²) in [4.78, 5) is 14.3. The minimum Gasteiger partial charge on any atom is -0.340 e. The predicted octanol–water partition coefficient (Wildman–Crippen LogP) is 3.92. The van der Waals surface area contributed by atoms with E-state index in [0.717, 1.165) is 26.9 Å². The van der Waals surface area contributed by atoms with Crippen LogP contribution < -0.4 is 4.31 Å². The summed E-state index contributed by atoms with van der Waals surface area (Å²) in [6.07, 6.45) is 1.11. The summed E-state index contributed by atoms with van der Waals surface area (Å²) < 4.78 is 26.1. The lowest BCUT2D eigenvalue weighted by molar-refractivity contribution is -0.128. The molecule has 0 heterocycles. The van der Waals surface area contributed by atoms with Crippen molar-refractivity contribution < 1.29 is 13.2 Å². The maximum atomic E-state index is 12.8. The Hall–Kier alpha value is -2.57. The highest BCUT2D eigenvalue weighted by Crippen LogP contribution is 2.28. The van der Waals surface area contributed by atoms with Gasteiger partial charge in [0, 0.05) is 24.0 Å². The lowest BCUT2D eigenvalue weighted by Gasteiger charge is -2.26. The molecule has 0 N–H and O–H groups in total. The Morgan fingerprint density at radius 3 is 2.29 bits per heavy atom. The second-order valence-corrected chi connectivity index (χ2v) is 8.99. The van der Waals surface area contributed by atoms with E-state index >= 15 is 0 Å². The van der Waals surface area contributed by atoms with E-state index in [0.29, 0.717) is 17.3 Å². The summed E-state index contributed by atoms with van der Waals surface area (Å²) in [5.74, 6) is -0.298. The van der Waals surface area contributed by atoms with Crippen LogP contribution in [0.5, 0.6) is 0 Å². The van der Waals surface area contributed by atoms with Gasteiger partial charge in [-0.2, -0.15) is 0 Å². The van der Waals surface area contributed by atoms with Crippen molar-refractivity contribution in [2.75, 3.05) is 24.2 Å². The van der Waals surface area contributed by atoms with Crippen LogP contribution >= 0.6 is 11.6 Å². The molecule has 28 heavy (non-hydrogen) atoms. The van der Waals surface area contributed by atoms with Crippen molar-refractivity contribution in [2.24, 2.45) is 0 Å².